The van der Waals surface area contributed by atoms with Crippen molar-refractivity contribution in [2.45, 2.75) is 89.3 Å². The summed E-state index contributed by atoms with van der Waals surface area (Å²) in [6.45, 7) is 1.79. The van der Waals surface area contributed by atoms with Crippen LogP contribution in [0, 0.1) is 0 Å². The highest BCUT2D eigenvalue weighted by Gasteiger charge is 2.44. The molecule has 0 bridgehead atoms. The van der Waals surface area contributed by atoms with E-state index in [2.05, 4.69) is 21.9 Å². The van der Waals surface area contributed by atoms with Gasteiger partial charge in [-0.15, -0.1) is 0 Å². The third-order valence-electron chi connectivity index (χ3n) is 5.54. The molecule has 0 unspecified atom stereocenters. The van der Waals surface area contributed by atoms with E-state index in [0.29, 0.717) is 17.9 Å². The Morgan fingerprint density at radius 2 is 1.79 bits per heavy atom. The highest BCUT2D eigenvalue weighted by molar-refractivity contribution is 5.69. The number of aromatic amines is 1. The summed E-state index contributed by atoms with van der Waals surface area (Å²) in [6.07, 6.45) is 7.26. The van der Waals surface area contributed by atoms with Gasteiger partial charge in [-0.2, -0.15) is 0 Å². The fourth-order valence-electron chi connectivity index (χ4n) is 3.81. The molecule has 3 heterocycles. The molecule has 162 valence electrons. The molecule has 9 heteroatoms. The van der Waals surface area contributed by atoms with Gasteiger partial charge >= 0.3 is 0 Å². The minimum atomic E-state index is -1.25. The third-order valence-corrected chi connectivity index (χ3v) is 5.54. The summed E-state index contributed by atoms with van der Waals surface area (Å²) in [5.74, 6) is 0.571. The molecular weight excluding hydrogens is 376 g/mol. The van der Waals surface area contributed by atoms with Gasteiger partial charge < -0.3 is 25.0 Å². The summed E-state index contributed by atoms with van der Waals surface area (Å²) >= 11 is 0. The summed E-state index contributed by atoms with van der Waals surface area (Å²) in [4.78, 5) is 23.7. The minimum absolute atomic E-state index is 0.155. The second kappa shape index (κ2) is 10.3. The molecule has 2 aromatic rings. The maximum atomic E-state index is 12.4. The van der Waals surface area contributed by atoms with Gasteiger partial charge in [0.15, 0.2) is 17.4 Å². The Balaban J connectivity index is 1.64. The lowest BCUT2D eigenvalue weighted by molar-refractivity contribution is -0.0511. The molecule has 4 atom stereocenters. The largest absolute Gasteiger partial charge is 0.394 e. The maximum Gasteiger partial charge on any atom is 0.279 e. The molecule has 2 aromatic heterocycles. The number of nitrogens with zero attached hydrogens (tertiary/aromatic N) is 3. The molecule has 0 amide bonds. The number of hydrogen-bond acceptors (Lipinski definition) is 7. The van der Waals surface area contributed by atoms with Gasteiger partial charge in [-0.25, -0.2) is 9.97 Å². The molecule has 29 heavy (non-hydrogen) atoms. The Labute approximate surface area is 169 Å². The number of aryl methyl sites for hydroxylation is 1. The Morgan fingerprint density at radius 3 is 2.45 bits per heavy atom. The predicted molar refractivity (Wildman–Crippen MR) is 107 cm³/mol. The molecular formula is C20H32N4O5. The van der Waals surface area contributed by atoms with Crippen LogP contribution in [0.15, 0.2) is 11.1 Å². The van der Waals surface area contributed by atoms with Crippen molar-refractivity contribution in [3.63, 3.8) is 0 Å². The van der Waals surface area contributed by atoms with E-state index in [1.807, 2.05) is 0 Å². The predicted octanol–water partition coefficient (Wildman–Crippen LogP) is 1.41. The molecule has 0 spiro atoms. The van der Waals surface area contributed by atoms with Crippen LogP contribution in [0.25, 0.3) is 11.2 Å². The van der Waals surface area contributed by atoms with E-state index in [0.717, 1.165) is 12.8 Å². The topological polar surface area (TPSA) is 133 Å². The lowest BCUT2D eigenvalue weighted by Gasteiger charge is -2.16. The average Bonchev–Trinajstić information content (AvgIpc) is 3.25. The van der Waals surface area contributed by atoms with Gasteiger partial charge in [0.2, 0.25) is 0 Å². The number of ether oxygens (including phenoxy) is 1. The fraction of sp³-hybridized carbons (Fsp3) is 0.750. The highest BCUT2D eigenvalue weighted by Crippen LogP contribution is 2.30. The SMILES string of the molecule is CCCCCCCCCCc1nc2c(ncn2[C@@H]2O[C@H](CO)[C@@H](O)[C@H]2O)c(=O)[nH]1. The van der Waals surface area contributed by atoms with E-state index in [1.165, 1.54) is 49.4 Å². The van der Waals surface area contributed by atoms with Crippen LogP contribution in [0.4, 0.5) is 0 Å². The summed E-state index contributed by atoms with van der Waals surface area (Å²) in [5, 5.41) is 29.5. The first kappa shape index (κ1) is 21.9. The van der Waals surface area contributed by atoms with Crippen molar-refractivity contribution in [3.05, 3.63) is 22.5 Å². The lowest BCUT2D eigenvalue weighted by atomic mass is 10.1. The van der Waals surface area contributed by atoms with Crippen molar-refractivity contribution in [1.82, 2.24) is 19.5 Å². The van der Waals surface area contributed by atoms with Gasteiger partial charge in [-0.05, 0) is 6.42 Å². The molecule has 4 N–H and O–H groups in total. The van der Waals surface area contributed by atoms with E-state index in [4.69, 9.17) is 4.74 Å². The van der Waals surface area contributed by atoms with Crippen molar-refractivity contribution >= 4 is 11.2 Å². The highest BCUT2D eigenvalue weighted by atomic mass is 16.6. The van der Waals surface area contributed by atoms with Crippen LogP contribution >= 0.6 is 0 Å². The number of imidazole rings is 1. The van der Waals surface area contributed by atoms with Crippen LogP contribution in [0.3, 0.4) is 0 Å². The van der Waals surface area contributed by atoms with Gasteiger partial charge in [-0.1, -0.05) is 51.9 Å². The first-order valence-electron chi connectivity index (χ1n) is 10.6. The van der Waals surface area contributed by atoms with Crippen molar-refractivity contribution < 1.29 is 20.1 Å². The second-order valence-electron chi connectivity index (χ2n) is 7.79. The molecule has 0 aromatic carbocycles. The van der Waals surface area contributed by atoms with E-state index in [-0.39, 0.29) is 11.1 Å². The van der Waals surface area contributed by atoms with E-state index < -0.39 is 31.1 Å². The van der Waals surface area contributed by atoms with Crippen molar-refractivity contribution in [2.24, 2.45) is 0 Å². The number of fused-ring (bicyclic) bond motifs is 1. The zero-order valence-corrected chi connectivity index (χ0v) is 17.0. The maximum absolute atomic E-state index is 12.4. The van der Waals surface area contributed by atoms with Crippen molar-refractivity contribution in [1.29, 1.82) is 0 Å². The van der Waals surface area contributed by atoms with Gasteiger partial charge in [0, 0.05) is 6.42 Å². The van der Waals surface area contributed by atoms with Crippen LogP contribution in [0.1, 0.15) is 70.3 Å². The number of rotatable bonds is 11. The van der Waals surface area contributed by atoms with Crippen molar-refractivity contribution in [3.8, 4) is 0 Å². The zero-order chi connectivity index (χ0) is 20.8. The van der Waals surface area contributed by atoms with Crippen LogP contribution in [0.5, 0.6) is 0 Å². The van der Waals surface area contributed by atoms with Crippen LogP contribution < -0.4 is 5.56 Å². The van der Waals surface area contributed by atoms with E-state index in [9.17, 15) is 20.1 Å². The van der Waals surface area contributed by atoms with E-state index >= 15 is 0 Å². The molecule has 9 nitrogen and oxygen atoms in total. The Hall–Kier alpha value is -1.81. The number of H-pyrrole nitrogens is 1. The smallest absolute Gasteiger partial charge is 0.279 e. The third kappa shape index (κ3) is 5.03. The Morgan fingerprint density at radius 1 is 1.10 bits per heavy atom. The summed E-state index contributed by atoms with van der Waals surface area (Å²) in [7, 11) is 0. The fourth-order valence-corrected chi connectivity index (χ4v) is 3.81. The molecule has 1 aliphatic rings. The first-order valence-corrected chi connectivity index (χ1v) is 10.6. The number of aromatic nitrogens is 4. The molecule has 0 aliphatic carbocycles. The molecule has 1 fully saturated rings. The minimum Gasteiger partial charge on any atom is -0.394 e. The summed E-state index contributed by atoms with van der Waals surface area (Å²) < 4.78 is 6.99. The number of aliphatic hydroxyl groups excluding tert-OH is 3. The molecule has 1 saturated heterocycles. The molecule has 3 rings (SSSR count). The Bertz CT molecular complexity index is 836. The van der Waals surface area contributed by atoms with Gasteiger partial charge in [0.1, 0.15) is 24.1 Å². The van der Waals surface area contributed by atoms with Crippen LogP contribution in [-0.2, 0) is 11.2 Å². The Kier molecular flexibility index (Phi) is 7.77. The molecule has 0 saturated carbocycles. The first-order chi connectivity index (χ1) is 14.1. The van der Waals surface area contributed by atoms with Crippen LogP contribution in [-0.4, -0.2) is 59.8 Å². The number of unbranched alkanes of at least 4 members (excludes halogenated alkanes) is 7. The quantitative estimate of drug-likeness (QED) is 0.413. The molecule has 1 aliphatic heterocycles. The van der Waals surface area contributed by atoms with Crippen molar-refractivity contribution in [2.75, 3.05) is 6.61 Å². The van der Waals surface area contributed by atoms with Crippen LogP contribution in [0.2, 0.25) is 0 Å². The molecule has 0 radical (unpaired) electrons. The zero-order valence-electron chi connectivity index (χ0n) is 17.0. The average molecular weight is 408 g/mol. The summed E-state index contributed by atoms with van der Waals surface area (Å²) in [5.41, 5.74) is 0.121. The van der Waals surface area contributed by atoms with Gasteiger partial charge in [0.25, 0.3) is 5.56 Å². The number of hydrogen-bond donors (Lipinski definition) is 4. The lowest BCUT2D eigenvalue weighted by Crippen LogP contribution is -2.33. The standard InChI is InChI=1S/C20H32N4O5/c1-2-3-4-5-6-7-8-9-10-14-22-18-15(19(28)23-14)21-12-24(18)20-17(27)16(26)13(11-25)29-20/h12-13,16-17,20,25-27H,2-11H2,1H3,(H,22,23,28)/t13-,16-,17-,20-/m1/s1. The van der Waals surface area contributed by atoms with Gasteiger partial charge in [-0.3, -0.25) is 9.36 Å². The number of aliphatic hydroxyl groups is 3. The number of nitrogens with one attached hydrogen (secondary N) is 1. The summed E-state index contributed by atoms with van der Waals surface area (Å²) in [6, 6.07) is 0. The normalized spacial score (nSPS) is 24.6. The van der Waals surface area contributed by atoms with E-state index in [1.54, 1.807) is 0 Å². The van der Waals surface area contributed by atoms with Gasteiger partial charge in [0.05, 0.1) is 12.9 Å². The monoisotopic (exact) mass is 408 g/mol. The second-order valence-corrected chi connectivity index (χ2v) is 7.79.